The molecule has 16 heavy (non-hydrogen) atoms. The minimum atomic E-state index is -0.205. The highest BCUT2D eigenvalue weighted by Crippen LogP contribution is 1.94. The van der Waals surface area contributed by atoms with E-state index in [4.69, 9.17) is 0 Å². The van der Waals surface area contributed by atoms with Crippen molar-refractivity contribution in [1.82, 2.24) is 5.32 Å². The fraction of sp³-hybridized carbons (Fsp3) is 0.308. The van der Waals surface area contributed by atoms with Gasteiger partial charge in [0.15, 0.2) is 0 Å². The molecule has 0 saturated carbocycles. The van der Waals surface area contributed by atoms with Gasteiger partial charge < -0.3 is 10.1 Å². The molecular formula is C13H15NO2. The van der Waals surface area contributed by atoms with Crippen LogP contribution in [0.1, 0.15) is 12.0 Å². The zero-order valence-corrected chi connectivity index (χ0v) is 9.32. The summed E-state index contributed by atoms with van der Waals surface area (Å²) in [7, 11) is 1.39. The standard InChI is InChI=1S/C13H15NO2/c1-16-13(15)9-11-14-10-5-8-12-6-3-2-4-7-12/h2-4,6-7,14H,9-11H2,1H3. The smallest absolute Gasteiger partial charge is 0.306 e. The van der Waals surface area contributed by atoms with Gasteiger partial charge in [-0.25, -0.2) is 0 Å². The van der Waals surface area contributed by atoms with Crippen molar-refractivity contribution < 1.29 is 9.53 Å². The van der Waals surface area contributed by atoms with E-state index in [0.717, 1.165) is 5.56 Å². The molecule has 0 heterocycles. The molecule has 0 radical (unpaired) electrons. The third-order valence-corrected chi connectivity index (χ3v) is 1.95. The Morgan fingerprint density at radius 3 is 2.81 bits per heavy atom. The van der Waals surface area contributed by atoms with E-state index in [0.29, 0.717) is 19.5 Å². The third kappa shape index (κ3) is 5.18. The van der Waals surface area contributed by atoms with Crippen LogP contribution in [0.4, 0.5) is 0 Å². The molecule has 3 heteroatoms. The summed E-state index contributed by atoms with van der Waals surface area (Å²) in [5.41, 5.74) is 0.997. The molecule has 0 aromatic heterocycles. The molecular weight excluding hydrogens is 202 g/mol. The van der Waals surface area contributed by atoms with Crippen molar-refractivity contribution >= 4 is 5.97 Å². The maximum atomic E-state index is 10.8. The van der Waals surface area contributed by atoms with Gasteiger partial charge in [0.05, 0.1) is 20.1 Å². The number of carbonyl (C=O) groups excluding carboxylic acids is 1. The second kappa shape index (κ2) is 7.49. The lowest BCUT2D eigenvalue weighted by atomic mass is 10.2. The fourth-order valence-electron chi connectivity index (χ4n) is 1.11. The summed E-state index contributed by atoms with van der Waals surface area (Å²) < 4.78 is 4.51. The normalized spacial score (nSPS) is 9.06. The molecule has 1 aromatic rings. The van der Waals surface area contributed by atoms with Gasteiger partial charge in [0.2, 0.25) is 0 Å². The Morgan fingerprint density at radius 2 is 2.12 bits per heavy atom. The monoisotopic (exact) mass is 217 g/mol. The molecule has 3 nitrogen and oxygen atoms in total. The van der Waals surface area contributed by atoms with Gasteiger partial charge in [-0.2, -0.15) is 0 Å². The third-order valence-electron chi connectivity index (χ3n) is 1.95. The molecule has 1 aromatic carbocycles. The first-order valence-electron chi connectivity index (χ1n) is 5.14. The maximum Gasteiger partial charge on any atom is 0.306 e. The van der Waals surface area contributed by atoms with E-state index >= 15 is 0 Å². The number of carbonyl (C=O) groups is 1. The Balaban J connectivity index is 2.17. The second-order valence-electron chi connectivity index (χ2n) is 3.17. The van der Waals surface area contributed by atoms with Crippen LogP contribution in [-0.4, -0.2) is 26.2 Å². The highest BCUT2D eigenvalue weighted by molar-refractivity contribution is 5.69. The lowest BCUT2D eigenvalue weighted by Crippen LogP contribution is -2.18. The van der Waals surface area contributed by atoms with Crippen LogP contribution < -0.4 is 5.32 Å². The molecule has 0 aliphatic heterocycles. The van der Waals surface area contributed by atoms with E-state index < -0.39 is 0 Å². The number of esters is 1. The number of hydrogen-bond acceptors (Lipinski definition) is 3. The highest BCUT2D eigenvalue weighted by Gasteiger charge is 1.96. The summed E-state index contributed by atoms with van der Waals surface area (Å²) in [5, 5.41) is 3.05. The number of methoxy groups -OCH3 is 1. The average molecular weight is 217 g/mol. The van der Waals surface area contributed by atoms with Crippen LogP contribution in [0.5, 0.6) is 0 Å². The Kier molecular flexibility index (Phi) is 5.75. The molecule has 0 aliphatic rings. The van der Waals surface area contributed by atoms with E-state index in [-0.39, 0.29) is 5.97 Å². The van der Waals surface area contributed by atoms with Crippen molar-refractivity contribution in [1.29, 1.82) is 0 Å². The maximum absolute atomic E-state index is 10.8. The molecule has 0 aliphatic carbocycles. The van der Waals surface area contributed by atoms with Gasteiger partial charge >= 0.3 is 5.97 Å². The van der Waals surface area contributed by atoms with E-state index in [1.807, 2.05) is 30.3 Å². The molecule has 0 amide bonds. The first-order chi connectivity index (χ1) is 7.83. The van der Waals surface area contributed by atoms with Crippen LogP contribution in [0.25, 0.3) is 0 Å². The quantitative estimate of drug-likeness (QED) is 0.468. The van der Waals surface area contributed by atoms with Gasteiger partial charge in [-0.15, -0.1) is 0 Å². The number of benzene rings is 1. The van der Waals surface area contributed by atoms with Gasteiger partial charge in [-0.3, -0.25) is 4.79 Å². The van der Waals surface area contributed by atoms with Crippen molar-refractivity contribution in [2.24, 2.45) is 0 Å². The molecule has 0 bridgehead atoms. The highest BCUT2D eigenvalue weighted by atomic mass is 16.5. The first kappa shape index (κ1) is 12.3. The Morgan fingerprint density at radius 1 is 1.38 bits per heavy atom. The van der Waals surface area contributed by atoms with Gasteiger partial charge in [0.25, 0.3) is 0 Å². The molecule has 0 fully saturated rings. The van der Waals surface area contributed by atoms with E-state index in [1.54, 1.807) is 0 Å². The van der Waals surface area contributed by atoms with Crippen LogP contribution in [-0.2, 0) is 9.53 Å². The summed E-state index contributed by atoms with van der Waals surface area (Å²) in [6.45, 7) is 1.17. The molecule has 1 rings (SSSR count). The van der Waals surface area contributed by atoms with Gasteiger partial charge in [-0.05, 0) is 12.1 Å². The topological polar surface area (TPSA) is 38.3 Å². The first-order valence-corrected chi connectivity index (χ1v) is 5.14. The summed E-state index contributed by atoms with van der Waals surface area (Å²) >= 11 is 0. The zero-order valence-electron chi connectivity index (χ0n) is 9.32. The molecule has 0 saturated heterocycles. The summed E-state index contributed by atoms with van der Waals surface area (Å²) in [6.07, 6.45) is 0.378. The van der Waals surface area contributed by atoms with E-state index in [2.05, 4.69) is 21.9 Å². The van der Waals surface area contributed by atoms with Crippen LogP contribution in [0.3, 0.4) is 0 Å². The minimum Gasteiger partial charge on any atom is -0.469 e. The molecule has 0 atom stereocenters. The Hall–Kier alpha value is -1.79. The summed E-state index contributed by atoms with van der Waals surface area (Å²) in [4.78, 5) is 10.8. The average Bonchev–Trinajstić information content (AvgIpc) is 2.34. The van der Waals surface area contributed by atoms with Gasteiger partial charge in [-0.1, -0.05) is 30.0 Å². The summed E-state index contributed by atoms with van der Waals surface area (Å²) in [5.74, 6) is 5.79. The second-order valence-corrected chi connectivity index (χ2v) is 3.17. The molecule has 1 N–H and O–H groups in total. The molecule has 0 unspecified atom stereocenters. The Labute approximate surface area is 95.8 Å². The van der Waals surface area contributed by atoms with Crippen LogP contribution in [0.15, 0.2) is 30.3 Å². The largest absolute Gasteiger partial charge is 0.469 e. The fourth-order valence-corrected chi connectivity index (χ4v) is 1.11. The number of hydrogen-bond donors (Lipinski definition) is 1. The van der Waals surface area contributed by atoms with Crippen molar-refractivity contribution in [2.45, 2.75) is 6.42 Å². The lowest BCUT2D eigenvalue weighted by molar-refractivity contribution is -0.140. The summed E-state index contributed by atoms with van der Waals surface area (Å²) in [6, 6.07) is 9.78. The van der Waals surface area contributed by atoms with E-state index in [1.165, 1.54) is 7.11 Å². The molecule has 0 spiro atoms. The minimum absolute atomic E-state index is 0.205. The van der Waals surface area contributed by atoms with Crippen molar-refractivity contribution in [2.75, 3.05) is 20.2 Å². The predicted molar refractivity (Wildman–Crippen MR) is 62.8 cm³/mol. The van der Waals surface area contributed by atoms with Crippen molar-refractivity contribution in [3.63, 3.8) is 0 Å². The number of ether oxygens (including phenoxy) is 1. The van der Waals surface area contributed by atoms with Crippen LogP contribution in [0.2, 0.25) is 0 Å². The van der Waals surface area contributed by atoms with Crippen molar-refractivity contribution in [3.8, 4) is 11.8 Å². The Bertz CT molecular complexity index is 376. The van der Waals surface area contributed by atoms with Gasteiger partial charge in [0, 0.05) is 12.1 Å². The van der Waals surface area contributed by atoms with E-state index in [9.17, 15) is 4.79 Å². The van der Waals surface area contributed by atoms with Crippen LogP contribution in [0, 0.1) is 11.8 Å². The van der Waals surface area contributed by atoms with Crippen molar-refractivity contribution in [3.05, 3.63) is 35.9 Å². The zero-order chi connectivity index (χ0) is 11.6. The van der Waals surface area contributed by atoms with Gasteiger partial charge in [0.1, 0.15) is 0 Å². The number of rotatable bonds is 4. The molecule has 84 valence electrons. The SMILES string of the molecule is COC(=O)CCNCC#Cc1ccccc1. The predicted octanol–water partition coefficient (Wildman–Crippen LogP) is 1.19. The van der Waals surface area contributed by atoms with Crippen LogP contribution >= 0.6 is 0 Å². The number of nitrogens with one attached hydrogen (secondary N) is 1. The lowest BCUT2D eigenvalue weighted by Gasteiger charge is -1.98.